The minimum atomic E-state index is 0.00249. The van der Waals surface area contributed by atoms with Crippen molar-refractivity contribution in [1.29, 1.82) is 0 Å². The van der Waals surface area contributed by atoms with Crippen LogP contribution in [0.15, 0.2) is 0 Å². The number of hydrogen-bond donors (Lipinski definition) is 2. The van der Waals surface area contributed by atoms with Crippen molar-refractivity contribution in [3.63, 3.8) is 0 Å². The van der Waals surface area contributed by atoms with Crippen LogP contribution >= 0.6 is 0 Å². The Morgan fingerprint density at radius 3 is 2.94 bits per heavy atom. The van der Waals surface area contributed by atoms with Crippen LogP contribution in [0.3, 0.4) is 0 Å². The van der Waals surface area contributed by atoms with E-state index in [-0.39, 0.29) is 17.9 Å². The summed E-state index contributed by atoms with van der Waals surface area (Å²) in [4.78, 5) is 13.7. The molecule has 4 heteroatoms. The highest BCUT2D eigenvalue weighted by Crippen LogP contribution is 2.46. The van der Waals surface area contributed by atoms with Crippen molar-refractivity contribution in [3.05, 3.63) is 0 Å². The molecule has 1 heterocycles. The lowest BCUT2D eigenvalue weighted by molar-refractivity contribution is -0.130. The molecule has 1 aliphatic heterocycles. The SMILES string of the molecule is NCCC(=O)N1C[C@H]2CCCC[C@@]2(CO)C1. The number of amides is 1. The highest BCUT2D eigenvalue weighted by Gasteiger charge is 2.48. The number of aliphatic hydroxyl groups excluding tert-OH is 1. The third-order valence-electron chi connectivity index (χ3n) is 4.32. The summed E-state index contributed by atoms with van der Waals surface area (Å²) in [5.41, 5.74) is 5.41. The van der Waals surface area contributed by atoms with Gasteiger partial charge in [0.1, 0.15) is 0 Å². The number of aliphatic hydroxyl groups is 1. The first-order valence-corrected chi connectivity index (χ1v) is 6.30. The molecule has 0 spiro atoms. The molecule has 0 bridgehead atoms. The second-order valence-electron chi connectivity index (χ2n) is 5.28. The average Bonchev–Trinajstić information content (AvgIpc) is 2.69. The molecule has 2 fully saturated rings. The van der Waals surface area contributed by atoms with Gasteiger partial charge in [-0.05, 0) is 18.8 Å². The molecular formula is C12H22N2O2. The van der Waals surface area contributed by atoms with Crippen LogP contribution in [0, 0.1) is 11.3 Å². The molecule has 2 aliphatic rings. The van der Waals surface area contributed by atoms with Gasteiger partial charge in [-0.3, -0.25) is 4.79 Å². The number of carbonyl (C=O) groups excluding carboxylic acids is 1. The summed E-state index contributed by atoms with van der Waals surface area (Å²) < 4.78 is 0. The predicted octanol–water partition coefficient (Wildman–Crippen LogP) is 0.346. The van der Waals surface area contributed by atoms with Gasteiger partial charge in [0.15, 0.2) is 0 Å². The third-order valence-corrected chi connectivity index (χ3v) is 4.32. The first kappa shape index (κ1) is 11.9. The standard InChI is InChI=1S/C12H22N2O2/c13-6-4-11(16)14-7-10-3-1-2-5-12(10,8-14)9-15/h10,15H,1-9,13H2/t10-,12+/m1/s1. The van der Waals surface area contributed by atoms with Crippen molar-refractivity contribution in [2.45, 2.75) is 32.1 Å². The number of nitrogens with two attached hydrogens (primary N) is 1. The first-order chi connectivity index (χ1) is 7.72. The molecule has 1 aliphatic carbocycles. The van der Waals surface area contributed by atoms with Gasteiger partial charge in [0.2, 0.25) is 5.91 Å². The number of fused-ring (bicyclic) bond motifs is 1. The number of likely N-dealkylation sites (tertiary alicyclic amines) is 1. The third kappa shape index (κ3) is 1.96. The minimum Gasteiger partial charge on any atom is -0.396 e. The van der Waals surface area contributed by atoms with Crippen LogP contribution in [0.2, 0.25) is 0 Å². The average molecular weight is 226 g/mol. The number of hydrogen-bond acceptors (Lipinski definition) is 3. The predicted molar refractivity (Wildman–Crippen MR) is 61.7 cm³/mol. The Labute approximate surface area is 96.8 Å². The van der Waals surface area contributed by atoms with Gasteiger partial charge in [0.05, 0.1) is 6.61 Å². The highest BCUT2D eigenvalue weighted by molar-refractivity contribution is 5.76. The Morgan fingerprint density at radius 1 is 1.50 bits per heavy atom. The van der Waals surface area contributed by atoms with Crippen LogP contribution in [0.1, 0.15) is 32.1 Å². The molecule has 2 rings (SSSR count). The summed E-state index contributed by atoms with van der Waals surface area (Å²) in [5.74, 6) is 0.665. The van der Waals surface area contributed by atoms with E-state index in [1.54, 1.807) is 0 Å². The maximum atomic E-state index is 11.8. The molecule has 2 atom stereocenters. The summed E-state index contributed by atoms with van der Waals surface area (Å²) in [6.45, 7) is 2.22. The molecule has 1 amide bonds. The molecule has 0 aromatic heterocycles. The zero-order chi connectivity index (χ0) is 11.6. The summed E-state index contributed by atoms with van der Waals surface area (Å²) >= 11 is 0. The maximum Gasteiger partial charge on any atom is 0.223 e. The quantitative estimate of drug-likeness (QED) is 0.729. The van der Waals surface area contributed by atoms with Gasteiger partial charge < -0.3 is 15.7 Å². The summed E-state index contributed by atoms with van der Waals surface area (Å²) in [6, 6.07) is 0. The Bertz CT molecular complexity index is 270. The smallest absolute Gasteiger partial charge is 0.223 e. The van der Waals surface area contributed by atoms with Crippen LogP contribution in [0.4, 0.5) is 0 Å². The van der Waals surface area contributed by atoms with Gasteiger partial charge in [-0.15, -0.1) is 0 Å². The van der Waals surface area contributed by atoms with Crippen molar-refractivity contribution in [2.24, 2.45) is 17.1 Å². The second kappa shape index (κ2) is 4.72. The molecule has 0 radical (unpaired) electrons. The van der Waals surface area contributed by atoms with Crippen molar-refractivity contribution in [1.82, 2.24) is 4.90 Å². The van der Waals surface area contributed by atoms with Gasteiger partial charge in [-0.25, -0.2) is 0 Å². The molecule has 92 valence electrons. The van der Waals surface area contributed by atoms with Crippen molar-refractivity contribution in [3.8, 4) is 0 Å². The Hall–Kier alpha value is -0.610. The van der Waals surface area contributed by atoms with E-state index < -0.39 is 0 Å². The van der Waals surface area contributed by atoms with E-state index in [1.807, 2.05) is 4.90 Å². The minimum absolute atomic E-state index is 0.00249. The molecule has 3 N–H and O–H groups in total. The summed E-state index contributed by atoms with van der Waals surface area (Å²) in [7, 11) is 0. The van der Waals surface area contributed by atoms with E-state index in [1.165, 1.54) is 12.8 Å². The van der Waals surface area contributed by atoms with E-state index in [9.17, 15) is 9.90 Å². The van der Waals surface area contributed by atoms with Gasteiger partial charge in [-0.2, -0.15) is 0 Å². The fourth-order valence-electron chi connectivity index (χ4n) is 3.31. The largest absolute Gasteiger partial charge is 0.396 e. The van der Waals surface area contributed by atoms with E-state index >= 15 is 0 Å². The Kier molecular flexibility index (Phi) is 3.50. The Morgan fingerprint density at radius 2 is 2.31 bits per heavy atom. The zero-order valence-corrected chi connectivity index (χ0v) is 9.82. The lowest BCUT2D eigenvalue weighted by Gasteiger charge is -2.36. The van der Waals surface area contributed by atoms with E-state index in [0.717, 1.165) is 25.9 Å². The molecular weight excluding hydrogens is 204 g/mol. The van der Waals surface area contributed by atoms with Crippen LogP contribution in [-0.2, 0) is 4.79 Å². The monoisotopic (exact) mass is 226 g/mol. The Balaban J connectivity index is 2.04. The van der Waals surface area contributed by atoms with Crippen LogP contribution in [0.5, 0.6) is 0 Å². The van der Waals surface area contributed by atoms with Gasteiger partial charge >= 0.3 is 0 Å². The molecule has 1 saturated carbocycles. The van der Waals surface area contributed by atoms with Gasteiger partial charge in [-0.1, -0.05) is 12.8 Å². The fraction of sp³-hybridized carbons (Fsp3) is 0.917. The van der Waals surface area contributed by atoms with Gasteiger partial charge in [0, 0.05) is 31.5 Å². The maximum absolute atomic E-state index is 11.8. The lowest BCUT2D eigenvalue weighted by atomic mass is 9.69. The summed E-state index contributed by atoms with van der Waals surface area (Å²) in [6.07, 6.45) is 5.10. The van der Waals surface area contributed by atoms with Gasteiger partial charge in [0.25, 0.3) is 0 Å². The lowest BCUT2D eigenvalue weighted by Crippen LogP contribution is -2.37. The van der Waals surface area contributed by atoms with Crippen molar-refractivity contribution in [2.75, 3.05) is 26.2 Å². The first-order valence-electron chi connectivity index (χ1n) is 6.30. The fourth-order valence-corrected chi connectivity index (χ4v) is 3.31. The normalized spacial score (nSPS) is 33.9. The van der Waals surface area contributed by atoms with E-state index in [2.05, 4.69) is 0 Å². The molecule has 0 unspecified atom stereocenters. The molecule has 0 aromatic carbocycles. The van der Waals surface area contributed by atoms with E-state index in [0.29, 0.717) is 18.9 Å². The van der Waals surface area contributed by atoms with Crippen LogP contribution in [-0.4, -0.2) is 42.2 Å². The highest BCUT2D eigenvalue weighted by atomic mass is 16.3. The van der Waals surface area contributed by atoms with Crippen LogP contribution in [0.25, 0.3) is 0 Å². The van der Waals surface area contributed by atoms with E-state index in [4.69, 9.17) is 5.73 Å². The second-order valence-corrected chi connectivity index (χ2v) is 5.28. The molecule has 0 aromatic rings. The zero-order valence-electron chi connectivity index (χ0n) is 9.82. The van der Waals surface area contributed by atoms with Crippen molar-refractivity contribution >= 4 is 5.91 Å². The molecule has 1 saturated heterocycles. The molecule has 16 heavy (non-hydrogen) atoms. The number of rotatable bonds is 3. The number of carbonyl (C=O) groups is 1. The topological polar surface area (TPSA) is 66.6 Å². The summed E-state index contributed by atoms with van der Waals surface area (Å²) in [5, 5.41) is 9.62. The number of nitrogens with zero attached hydrogens (tertiary/aromatic N) is 1. The molecule has 4 nitrogen and oxygen atoms in total. The van der Waals surface area contributed by atoms with Crippen LogP contribution < -0.4 is 5.73 Å². The van der Waals surface area contributed by atoms with Crippen molar-refractivity contribution < 1.29 is 9.90 Å².